The quantitative estimate of drug-likeness (QED) is 0.743. The first-order valence-corrected chi connectivity index (χ1v) is 11.3. The molecule has 0 amide bonds. The monoisotopic (exact) mass is 365 g/mol. The van der Waals surface area contributed by atoms with E-state index in [0.717, 1.165) is 11.8 Å². The van der Waals surface area contributed by atoms with Gasteiger partial charge >= 0.3 is 0 Å². The molecule has 2 aliphatic carbocycles. The molecule has 152 valence electrons. The lowest BCUT2D eigenvalue weighted by atomic mass is 9.62. The number of fused-ring (bicyclic) bond motifs is 1. The molecule has 3 rings (SSSR count). The Kier molecular flexibility index (Phi) is 6.73. The van der Waals surface area contributed by atoms with E-state index >= 15 is 0 Å². The highest BCUT2D eigenvalue weighted by atomic mass is 16.5. The van der Waals surface area contributed by atoms with Crippen LogP contribution in [0.3, 0.4) is 0 Å². The molecule has 1 heterocycles. The molecule has 0 radical (unpaired) electrons. The van der Waals surface area contributed by atoms with Gasteiger partial charge in [0.1, 0.15) is 6.23 Å². The number of nitrogens with one attached hydrogen (secondary N) is 1. The van der Waals surface area contributed by atoms with Gasteiger partial charge in [-0.2, -0.15) is 0 Å². The molecule has 1 saturated heterocycles. The number of hydrogen-bond donors (Lipinski definition) is 2. The molecule has 3 aliphatic rings. The van der Waals surface area contributed by atoms with Crippen LogP contribution < -0.4 is 5.32 Å². The van der Waals surface area contributed by atoms with E-state index < -0.39 is 0 Å². The minimum atomic E-state index is -0.291. The predicted molar refractivity (Wildman–Crippen MR) is 108 cm³/mol. The Labute approximate surface area is 161 Å². The molecular formula is C23H43NO2. The zero-order valence-corrected chi connectivity index (χ0v) is 17.9. The number of aliphatic hydroxyl groups excluding tert-OH is 1. The smallest absolute Gasteiger partial charge is 0.108 e. The van der Waals surface area contributed by atoms with E-state index in [1.807, 2.05) is 7.11 Å². The molecule has 2 saturated carbocycles. The normalized spacial score (nSPS) is 46.7. The van der Waals surface area contributed by atoms with Crippen molar-refractivity contribution >= 4 is 0 Å². The Morgan fingerprint density at radius 1 is 1.04 bits per heavy atom. The SMILES string of the molecule is COC1C(C(C)C)CC(CC2C(O)NC3CCCC(C)C32)C[C@@H]1C(C)C. The summed E-state index contributed by atoms with van der Waals surface area (Å²) < 4.78 is 6.02. The van der Waals surface area contributed by atoms with Crippen molar-refractivity contribution in [2.75, 3.05) is 7.11 Å². The highest BCUT2D eigenvalue weighted by Crippen LogP contribution is 2.48. The van der Waals surface area contributed by atoms with Crippen LogP contribution in [0.15, 0.2) is 0 Å². The third-order valence-corrected chi connectivity index (χ3v) is 8.23. The number of methoxy groups -OCH3 is 1. The van der Waals surface area contributed by atoms with Crippen LogP contribution in [0.5, 0.6) is 0 Å². The molecule has 8 unspecified atom stereocenters. The average molecular weight is 366 g/mol. The maximum atomic E-state index is 10.8. The molecule has 0 aromatic heterocycles. The van der Waals surface area contributed by atoms with Gasteiger partial charge in [0, 0.05) is 19.1 Å². The first kappa shape index (κ1) is 20.6. The molecule has 9 atom stereocenters. The number of hydrogen-bond acceptors (Lipinski definition) is 3. The second kappa shape index (κ2) is 8.49. The van der Waals surface area contributed by atoms with Crippen molar-refractivity contribution in [3.63, 3.8) is 0 Å². The Morgan fingerprint density at radius 3 is 2.19 bits per heavy atom. The molecule has 3 fully saturated rings. The van der Waals surface area contributed by atoms with Crippen LogP contribution in [0.4, 0.5) is 0 Å². The lowest BCUT2D eigenvalue weighted by Crippen LogP contribution is -2.44. The summed E-state index contributed by atoms with van der Waals surface area (Å²) in [6.45, 7) is 11.9. The Morgan fingerprint density at radius 2 is 1.65 bits per heavy atom. The molecule has 26 heavy (non-hydrogen) atoms. The van der Waals surface area contributed by atoms with E-state index in [1.165, 1.54) is 38.5 Å². The van der Waals surface area contributed by atoms with E-state index in [9.17, 15) is 5.11 Å². The Hall–Kier alpha value is -0.120. The molecule has 3 nitrogen and oxygen atoms in total. The third kappa shape index (κ3) is 4.00. The van der Waals surface area contributed by atoms with Crippen LogP contribution in [0, 0.1) is 47.3 Å². The van der Waals surface area contributed by atoms with E-state index in [2.05, 4.69) is 39.9 Å². The first-order chi connectivity index (χ1) is 12.3. The summed E-state index contributed by atoms with van der Waals surface area (Å²) in [7, 11) is 1.91. The molecule has 2 N–H and O–H groups in total. The van der Waals surface area contributed by atoms with Crippen molar-refractivity contribution in [3.05, 3.63) is 0 Å². The van der Waals surface area contributed by atoms with E-state index in [0.29, 0.717) is 47.7 Å². The molecule has 1 aliphatic heterocycles. The van der Waals surface area contributed by atoms with Gasteiger partial charge in [-0.3, -0.25) is 5.32 Å². The van der Waals surface area contributed by atoms with E-state index in [1.54, 1.807) is 0 Å². The molecule has 3 heteroatoms. The minimum Gasteiger partial charge on any atom is -0.381 e. The maximum Gasteiger partial charge on any atom is 0.108 e. The van der Waals surface area contributed by atoms with Crippen LogP contribution >= 0.6 is 0 Å². The minimum absolute atomic E-state index is 0.291. The molecular weight excluding hydrogens is 322 g/mol. The topological polar surface area (TPSA) is 41.5 Å². The summed E-state index contributed by atoms with van der Waals surface area (Å²) in [5.74, 6) is 5.23. The van der Waals surface area contributed by atoms with Crippen molar-refractivity contribution in [3.8, 4) is 0 Å². The fourth-order valence-electron chi connectivity index (χ4n) is 6.88. The van der Waals surface area contributed by atoms with Gasteiger partial charge in [0.15, 0.2) is 0 Å². The molecule has 0 spiro atoms. The van der Waals surface area contributed by atoms with Crippen LogP contribution in [0.25, 0.3) is 0 Å². The second-order valence-corrected chi connectivity index (χ2v) is 10.5. The first-order valence-electron chi connectivity index (χ1n) is 11.3. The van der Waals surface area contributed by atoms with Crippen LogP contribution in [-0.2, 0) is 4.74 Å². The Bertz CT molecular complexity index is 433. The summed E-state index contributed by atoms with van der Waals surface area (Å²) in [6, 6.07) is 0.552. The summed E-state index contributed by atoms with van der Waals surface area (Å²) >= 11 is 0. The van der Waals surface area contributed by atoms with Gasteiger partial charge in [-0.05, 0) is 67.1 Å². The van der Waals surface area contributed by atoms with Crippen LogP contribution in [0.2, 0.25) is 0 Å². The van der Waals surface area contributed by atoms with Crippen molar-refractivity contribution in [1.82, 2.24) is 5.32 Å². The fraction of sp³-hybridized carbons (Fsp3) is 1.00. The molecule has 0 aromatic carbocycles. The highest BCUT2D eigenvalue weighted by molar-refractivity contribution is 4.99. The standard InChI is InChI=1S/C23H43NO2/c1-13(2)17-10-16(11-18(14(3)4)22(17)26-6)12-19-21-15(5)8-7-9-20(21)24-23(19)25/h13-25H,7-12H2,1-6H3/t15?,16?,17-,18?,19?,20?,21?,22?,23?/m1/s1. The van der Waals surface area contributed by atoms with Crippen molar-refractivity contribution in [1.29, 1.82) is 0 Å². The zero-order valence-electron chi connectivity index (χ0n) is 17.9. The van der Waals surface area contributed by atoms with Gasteiger partial charge in [-0.1, -0.05) is 47.5 Å². The maximum absolute atomic E-state index is 10.8. The summed E-state index contributed by atoms with van der Waals surface area (Å²) in [5, 5.41) is 14.3. The highest BCUT2D eigenvalue weighted by Gasteiger charge is 2.48. The van der Waals surface area contributed by atoms with Crippen molar-refractivity contribution in [2.45, 2.75) is 91.5 Å². The molecule has 0 bridgehead atoms. The van der Waals surface area contributed by atoms with Gasteiger partial charge in [0.05, 0.1) is 6.10 Å². The number of aliphatic hydroxyl groups is 1. The zero-order chi connectivity index (χ0) is 19.0. The van der Waals surface area contributed by atoms with Gasteiger partial charge in [0.25, 0.3) is 0 Å². The lowest BCUT2D eigenvalue weighted by Gasteiger charge is -2.46. The number of rotatable bonds is 5. The van der Waals surface area contributed by atoms with Crippen molar-refractivity contribution < 1.29 is 9.84 Å². The predicted octanol–water partition coefficient (Wildman–Crippen LogP) is 4.69. The average Bonchev–Trinajstić information content (AvgIpc) is 2.90. The Balaban J connectivity index is 1.74. The van der Waals surface area contributed by atoms with E-state index in [4.69, 9.17) is 4.74 Å². The summed E-state index contributed by atoms with van der Waals surface area (Å²) in [4.78, 5) is 0. The summed E-state index contributed by atoms with van der Waals surface area (Å²) in [5.41, 5.74) is 0. The largest absolute Gasteiger partial charge is 0.381 e. The van der Waals surface area contributed by atoms with Crippen LogP contribution in [-0.4, -0.2) is 30.6 Å². The van der Waals surface area contributed by atoms with E-state index in [-0.39, 0.29) is 6.23 Å². The summed E-state index contributed by atoms with van der Waals surface area (Å²) in [6.07, 6.45) is 7.76. The van der Waals surface area contributed by atoms with Gasteiger partial charge in [0.2, 0.25) is 0 Å². The van der Waals surface area contributed by atoms with Crippen molar-refractivity contribution in [2.24, 2.45) is 47.3 Å². The third-order valence-electron chi connectivity index (χ3n) is 8.23. The second-order valence-electron chi connectivity index (χ2n) is 10.5. The van der Waals surface area contributed by atoms with Gasteiger partial charge in [-0.25, -0.2) is 0 Å². The fourth-order valence-corrected chi connectivity index (χ4v) is 6.88. The van der Waals surface area contributed by atoms with Gasteiger partial charge in [-0.15, -0.1) is 0 Å². The number of ether oxygens (including phenoxy) is 1. The van der Waals surface area contributed by atoms with Crippen LogP contribution in [0.1, 0.15) is 73.1 Å². The van der Waals surface area contributed by atoms with Gasteiger partial charge < -0.3 is 9.84 Å². The lowest BCUT2D eigenvalue weighted by molar-refractivity contribution is -0.0731. The molecule has 0 aromatic rings.